The summed E-state index contributed by atoms with van der Waals surface area (Å²) in [5, 5.41) is 8.50. The number of halogens is 3. The van der Waals surface area contributed by atoms with E-state index in [2.05, 4.69) is 15.5 Å². The van der Waals surface area contributed by atoms with Crippen molar-refractivity contribution in [1.29, 1.82) is 0 Å². The molecule has 0 spiro atoms. The van der Waals surface area contributed by atoms with Gasteiger partial charge in [-0.2, -0.15) is 18.3 Å². The normalized spacial score (nSPS) is 14.4. The van der Waals surface area contributed by atoms with Crippen LogP contribution < -0.4 is 5.32 Å². The summed E-state index contributed by atoms with van der Waals surface area (Å²) >= 11 is 0. The number of nitrogens with zero attached hydrogens (tertiary/aromatic N) is 1. The summed E-state index contributed by atoms with van der Waals surface area (Å²) in [6, 6.07) is 1.16. The van der Waals surface area contributed by atoms with Crippen molar-refractivity contribution in [3.63, 3.8) is 0 Å². The lowest BCUT2D eigenvalue weighted by molar-refractivity contribution is -0.141. The molecular weight excluding hydrogens is 195 g/mol. The van der Waals surface area contributed by atoms with Gasteiger partial charge >= 0.3 is 6.18 Å². The van der Waals surface area contributed by atoms with Crippen molar-refractivity contribution in [3.8, 4) is 0 Å². The van der Waals surface area contributed by atoms with Crippen LogP contribution in [-0.2, 0) is 12.6 Å². The molecule has 1 atom stereocenters. The Kier molecular flexibility index (Phi) is 3.15. The number of rotatable bonds is 3. The minimum atomic E-state index is -4.36. The first-order valence-electron chi connectivity index (χ1n) is 4.22. The van der Waals surface area contributed by atoms with E-state index in [4.69, 9.17) is 0 Å². The Morgan fingerprint density at radius 3 is 2.64 bits per heavy atom. The molecule has 0 amide bonds. The molecule has 3 nitrogen and oxygen atoms in total. The number of aromatic amines is 1. The summed E-state index contributed by atoms with van der Waals surface area (Å²) < 4.78 is 36.4. The molecule has 1 aromatic rings. The van der Waals surface area contributed by atoms with Crippen LogP contribution in [0.15, 0.2) is 6.07 Å². The van der Waals surface area contributed by atoms with Gasteiger partial charge in [-0.1, -0.05) is 0 Å². The van der Waals surface area contributed by atoms with E-state index in [1.165, 1.54) is 0 Å². The fraction of sp³-hybridized carbons (Fsp3) is 0.625. The van der Waals surface area contributed by atoms with Crippen LogP contribution in [0.4, 0.5) is 13.2 Å². The summed E-state index contributed by atoms with van der Waals surface area (Å²) in [5.74, 6) is 0. The maximum atomic E-state index is 12.1. The van der Waals surface area contributed by atoms with Crippen LogP contribution in [0.5, 0.6) is 0 Å². The number of likely N-dealkylation sites (N-methyl/N-ethyl adjacent to an activating group) is 1. The van der Waals surface area contributed by atoms with Crippen LogP contribution in [0, 0.1) is 0 Å². The fourth-order valence-electron chi connectivity index (χ4n) is 1.04. The SMILES string of the molecule is CNC(C)Cc1cc(C(F)(F)F)n[nH]1. The Morgan fingerprint density at radius 2 is 2.21 bits per heavy atom. The van der Waals surface area contributed by atoms with E-state index in [1.807, 2.05) is 6.92 Å². The van der Waals surface area contributed by atoms with Gasteiger partial charge in [0.2, 0.25) is 0 Å². The van der Waals surface area contributed by atoms with E-state index < -0.39 is 11.9 Å². The molecule has 0 aliphatic heterocycles. The van der Waals surface area contributed by atoms with Gasteiger partial charge in [0.15, 0.2) is 5.69 Å². The molecule has 1 aromatic heterocycles. The van der Waals surface area contributed by atoms with E-state index in [0.717, 1.165) is 6.07 Å². The zero-order valence-electron chi connectivity index (χ0n) is 7.94. The summed E-state index contributed by atoms with van der Waals surface area (Å²) in [7, 11) is 1.76. The molecule has 0 bridgehead atoms. The van der Waals surface area contributed by atoms with E-state index in [1.54, 1.807) is 7.05 Å². The highest BCUT2D eigenvalue weighted by molar-refractivity contribution is 5.12. The molecule has 6 heteroatoms. The van der Waals surface area contributed by atoms with Gasteiger partial charge in [-0.15, -0.1) is 0 Å². The Balaban J connectivity index is 2.69. The average Bonchev–Trinajstić information content (AvgIpc) is 2.51. The quantitative estimate of drug-likeness (QED) is 0.790. The highest BCUT2D eigenvalue weighted by atomic mass is 19.4. The molecule has 0 aliphatic carbocycles. The maximum Gasteiger partial charge on any atom is 0.435 e. The van der Waals surface area contributed by atoms with Crippen molar-refractivity contribution in [2.24, 2.45) is 0 Å². The van der Waals surface area contributed by atoms with E-state index in [9.17, 15) is 13.2 Å². The molecule has 14 heavy (non-hydrogen) atoms. The predicted molar refractivity (Wildman–Crippen MR) is 45.8 cm³/mol. The van der Waals surface area contributed by atoms with Crippen LogP contribution >= 0.6 is 0 Å². The average molecular weight is 207 g/mol. The fourth-order valence-corrected chi connectivity index (χ4v) is 1.04. The van der Waals surface area contributed by atoms with Gasteiger partial charge in [0.25, 0.3) is 0 Å². The number of nitrogens with one attached hydrogen (secondary N) is 2. The number of alkyl halides is 3. The second kappa shape index (κ2) is 4.00. The molecule has 0 aromatic carbocycles. The topological polar surface area (TPSA) is 40.7 Å². The van der Waals surface area contributed by atoms with Crippen molar-refractivity contribution in [3.05, 3.63) is 17.5 Å². The zero-order chi connectivity index (χ0) is 10.8. The second-order valence-electron chi connectivity index (χ2n) is 3.17. The monoisotopic (exact) mass is 207 g/mol. The van der Waals surface area contributed by atoms with Gasteiger partial charge in [0.05, 0.1) is 0 Å². The van der Waals surface area contributed by atoms with Crippen LogP contribution in [0.25, 0.3) is 0 Å². The molecular formula is C8H12F3N3. The molecule has 0 radical (unpaired) electrons. The minimum Gasteiger partial charge on any atom is -0.317 e. The van der Waals surface area contributed by atoms with E-state index in [-0.39, 0.29) is 6.04 Å². The van der Waals surface area contributed by atoms with Gasteiger partial charge < -0.3 is 5.32 Å². The predicted octanol–water partition coefficient (Wildman–Crippen LogP) is 1.58. The Morgan fingerprint density at radius 1 is 1.57 bits per heavy atom. The highest BCUT2D eigenvalue weighted by Crippen LogP contribution is 2.27. The summed E-state index contributed by atoms with van der Waals surface area (Å²) in [4.78, 5) is 0. The maximum absolute atomic E-state index is 12.1. The van der Waals surface area contributed by atoms with Crippen LogP contribution in [0.1, 0.15) is 18.3 Å². The van der Waals surface area contributed by atoms with Crippen molar-refractivity contribution in [2.75, 3.05) is 7.05 Å². The second-order valence-corrected chi connectivity index (χ2v) is 3.17. The molecule has 0 aliphatic rings. The van der Waals surface area contributed by atoms with Crippen molar-refractivity contribution >= 4 is 0 Å². The van der Waals surface area contributed by atoms with Gasteiger partial charge in [0, 0.05) is 18.2 Å². The minimum absolute atomic E-state index is 0.122. The largest absolute Gasteiger partial charge is 0.435 e. The standard InChI is InChI=1S/C8H12F3N3/c1-5(12-2)3-6-4-7(14-13-6)8(9,10)11/h4-5,12H,3H2,1-2H3,(H,13,14). The summed E-state index contributed by atoms with van der Waals surface area (Å²) in [6.07, 6.45) is -3.86. The summed E-state index contributed by atoms with van der Waals surface area (Å²) in [5.41, 5.74) is -0.380. The van der Waals surface area contributed by atoms with E-state index >= 15 is 0 Å². The number of hydrogen-bond donors (Lipinski definition) is 2. The third-order valence-electron chi connectivity index (χ3n) is 1.94. The van der Waals surface area contributed by atoms with Crippen molar-refractivity contribution in [1.82, 2.24) is 15.5 Å². The van der Waals surface area contributed by atoms with Crippen molar-refractivity contribution in [2.45, 2.75) is 25.6 Å². The first-order chi connectivity index (χ1) is 6.43. The number of aromatic nitrogens is 2. The molecule has 0 fully saturated rings. The van der Waals surface area contributed by atoms with Crippen LogP contribution in [0.2, 0.25) is 0 Å². The highest BCUT2D eigenvalue weighted by Gasteiger charge is 2.33. The van der Waals surface area contributed by atoms with Crippen LogP contribution in [-0.4, -0.2) is 23.3 Å². The number of hydrogen-bond acceptors (Lipinski definition) is 2. The lowest BCUT2D eigenvalue weighted by atomic mass is 10.2. The lowest BCUT2D eigenvalue weighted by Crippen LogP contribution is -2.23. The molecule has 0 saturated carbocycles. The van der Waals surface area contributed by atoms with Crippen molar-refractivity contribution < 1.29 is 13.2 Å². The molecule has 1 unspecified atom stereocenters. The van der Waals surface area contributed by atoms with E-state index in [0.29, 0.717) is 12.1 Å². The Bertz CT molecular complexity index is 292. The zero-order valence-corrected chi connectivity index (χ0v) is 7.94. The summed E-state index contributed by atoms with van der Waals surface area (Å²) in [6.45, 7) is 1.88. The molecule has 2 N–H and O–H groups in total. The Hall–Kier alpha value is -1.04. The third kappa shape index (κ3) is 2.73. The van der Waals surface area contributed by atoms with Gasteiger partial charge in [-0.3, -0.25) is 5.10 Å². The first-order valence-corrected chi connectivity index (χ1v) is 4.22. The van der Waals surface area contributed by atoms with Gasteiger partial charge in [-0.05, 0) is 20.0 Å². The first kappa shape index (κ1) is 11.0. The molecule has 80 valence electrons. The smallest absolute Gasteiger partial charge is 0.317 e. The number of H-pyrrole nitrogens is 1. The van der Waals surface area contributed by atoms with Gasteiger partial charge in [0.1, 0.15) is 0 Å². The molecule has 1 rings (SSSR count). The Labute approximate surface area is 79.7 Å². The molecule has 0 saturated heterocycles. The third-order valence-corrected chi connectivity index (χ3v) is 1.94. The lowest BCUT2D eigenvalue weighted by Gasteiger charge is -2.06. The van der Waals surface area contributed by atoms with Crippen LogP contribution in [0.3, 0.4) is 0 Å². The van der Waals surface area contributed by atoms with Gasteiger partial charge in [-0.25, -0.2) is 0 Å². The molecule has 1 heterocycles.